The summed E-state index contributed by atoms with van der Waals surface area (Å²) in [4.78, 5) is 4.10. The summed E-state index contributed by atoms with van der Waals surface area (Å²) in [5.74, 6) is 0.852. The lowest BCUT2D eigenvalue weighted by atomic mass is 9.71. The molecule has 2 bridgehead atoms. The smallest absolute Gasteiger partial charge is 0.320 e. The van der Waals surface area contributed by atoms with E-state index in [0.717, 1.165) is 12.8 Å². The second-order valence-corrected chi connectivity index (χ2v) is 10.8. The molecule has 0 radical (unpaired) electrons. The zero-order chi connectivity index (χ0) is 17.3. The first-order valence-electron chi connectivity index (χ1n) is 8.07. The van der Waals surface area contributed by atoms with Gasteiger partial charge in [0.2, 0.25) is 0 Å². The Kier molecular flexibility index (Phi) is 5.70. The SMILES string of the molecule is CC12CCC(C(OCCCN=C(N)CSS(=O)(=O)O)C1)C2(C)C. The molecule has 134 valence electrons. The van der Waals surface area contributed by atoms with Crippen molar-refractivity contribution >= 4 is 25.8 Å². The van der Waals surface area contributed by atoms with Crippen LogP contribution in [0, 0.1) is 16.7 Å². The number of amidine groups is 1. The van der Waals surface area contributed by atoms with Crippen molar-refractivity contribution in [3.8, 4) is 0 Å². The number of fused-ring (bicyclic) bond motifs is 2. The van der Waals surface area contributed by atoms with Gasteiger partial charge in [-0.1, -0.05) is 20.8 Å². The van der Waals surface area contributed by atoms with Crippen LogP contribution in [0.2, 0.25) is 0 Å². The van der Waals surface area contributed by atoms with Crippen LogP contribution in [-0.2, 0) is 13.9 Å². The molecule has 2 saturated carbocycles. The summed E-state index contributed by atoms with van der Waals surface area (Å²) in [6.07, 6.45) is 4.81. The second-order valence-electron chi connectivity index (χ2n) is 7.46. The van der Waals surface area contributed by atoms with Crippen molar-refractivity contribution in [1.29, 1.82) is 0 Å². The summed E-state index contributed by atoms with van der Waals surface area (Å²) in [7, 11) is -3.68. The van der Waals surface area contributed by atoms with Crippen molar-refractivity contribution < 1.29 is 17.7 Å². The molecule has 0 amide bonds. The molecule has 0 saturated heterocycles. The van der Waals surface area contributed by atoms with Gasteiger partial charge >= 0.3 is 9.15 Å². The van der Waals surface area contributed by atoms with Crippen LogP contribution < -0.4 is 5.73 Å². The summed E-state index contributed by atoms with van der Waals surface area (Å²) in [6, 6.07) is 0. The number of aliphatic imine (C=N–C) groups is 1. The van der Waals surface area contributed by atoms with Crippen LogP contribution in [0.25, 0.3) is 0 Å². The third-order valence-electron chi connectivity index (χ3n) is 5.90. The summed E-state index contributed by atoms with van der Waals surface area (Å²) in [5, 5.41) is 0. The average molecular weight is 365 g/mol. The van der Waals surface area contributed by atoms with Gasteiger partial charge in [0, 0.05) is 23.9 Å². The van der Waals surface area contributed by atoms with Crippen LogP contribution in [0.1, 0.15) is 46.5 Å². The van der Waals surface area contributed by atoms with Gasteiger partial charge in [-0.05, 0) is 42.4 Å². The number of rotatable bonds is 8. The third-order valence-corrected chi connectivity index (χ3v) is 7.85. The van der Waals surface area contributed by atoms with Crippen molar-refractivity contribution in [2.45, 2.75) is 52.6 Å². The highest BCUT2D eigenvalue weighted by Gasteiger charge is 2.60. The normalized spacial score (nSPS) is 33.3. The molecule has 6 nitrogen and oxygen atoms in total. The first kappa shape index (κ1) is 19.0. The predicted octanol–water partition coefficient (Wildman–Crippen LogP) is 2.50. The van der Waals surface area contributed by atoms with Crippen molar-refractivity contribution in [2.24, 2.45) is 27.5 Å². The van der Waals surface area contributed by atoms with E-state index in [1.54, 1.807) is 0 Å². The van der Waals surface area contributed by atoms with Gasteiger partial charge in [0.25, 0.3) is 0 Å². The van der Waals surface area contributed by atoms with E-state index >= 15 is 0 Å². The fourth-order valence-electron chi connectivity index (χ4n) is 4.08. The Bertz CT molecular complexity index is 559. The van der Waals surface area contributed by atoms with Gasteiger partial charge in [-0.15, -0.1) is 0 Å². The Hall–Kier alpha value is -0.310. The van der Waals surface area contributed by atoms with E-state index in [0.29, 0.717) is 46.8 Å². The molecule has 3 N–H and O–H groups in total. The summed E-state index contributed by atoms with van der Waals surface area (Å²) >= 11 is 0. The number of hydrogen-bond acceptors (Lipinski definition) is 5. The van der Waals surface area contributed by atoms with E-state index in [2.05, 4.69) is 25.8 Å². The van der Waals surface area contributed by atoms with Crippen LogP contribution in [0.4, 0.5) is 0 Å². The largest absolute Gasteiger partial charge is 0.387 e. The molecule has 3 unspecified atom stereocenters. The van der Waals surface area contributed by atoms with Gasteiger partial charge in [0.05, 0.1) is 11.9 Å². The highest BCUT2D eigenvalue weighted by atomic mass is 33.1. The van der Waals surface area contributed by atoms with Crippen molar-refractivity contribution in [2.75, 3.05) is 18.9 Å². The minimum atomic E-state index is -4.06. The fourth-order valence-corrected chi connectivity index (χ4v) is 5.25. The third kappa shape index (κ3) is 4.41. The number of ether oxygens (including phenoxy) is 1. The molecule has 0 aromatic carbocycles. The number of hydrogen-bond donors (Lipinski definition) is 2. The molecule has 0 aromatic heterocycles. The summed E-state index contributed by atoms with van der Waals surface area (Å²) < 4.78 is 35.9. The predicted molar refractivity (Wildman–Crippen MR) is 94.1 cm³/mol. The molecule has 0 spiro atoms. The van der Waals surface area contributed by atoms with Gasteiger partial charge in [-0.2, -0.15) is 8.42 Å². The Morgan fingerprint density at radius 1 is 1.43 bits per heavy atom. The maximum Gasteiger partial charge on any atom is 0.320 e. The zero-order valence-corrected chi connectivity index (χ0v) is 15.8. The summed E-state index contributed by atoms with van der Waals surface area (Å²) in [5.41, 5.74) is 6.36. The Labute approximate surface area is 142 Å². The van der Waals surface area contributed by atoms with Gasteiger partial charge < -0.3 is 10.5 Å². The van der Waals surface area contributed by atoms with E-state index in [1.807, 2.05) is 0 Å². The van der Waals surface area contributed by atoms with Gasteiger partial charge in [0.15, 0.2) is 0 Å². The van der Waals surface area contributed by atoms with E-state index in [9.17, 15) is 8.42 Å². The minimum Gasteiger partial charge on any atom is -0.387 e. The first-order valence-corrected chi connectivity index (χ1v) is 11.0. The van der Waals surface area contributed by atoms with Crippen LogP contribution in [0.3, 0.4) is 0 Å². The second kappa shape index (κ2) is 6.90. The highest BCUT2D eigenvalue weighted by molar-refractivity contribution is 8.70. The van der Waals surface area contributed by atoms with Gasteiger partial charge in [-0.25, -0.2) is 0 Å². The first-order chi connectivity index (χ1) is 10.6. The van der Waals surface area contributed by atoms with E-state index in [1.165, 1.54) is 12.8 Å². The maximum atomic E-state index is 10.6. The van der Waals surface area contributed by atoms with Crippen LogP contribution in [0.15, 0.2) is 4.99 Å². The Morgan fingerprint density at radius 2 is 2.13 bits per heavy atom. The average Bonchev–Trinajstić information content (AvgIpc) is 2.76. The lowest BCUT2D eigenvalue weighted by Crippen LogP contribution is -2.27. The molecule has 2 fully saturated rings. The molecule has 2 aliphatic carbocycles. The lowest BCUT2D eigenvalue weighted by Gasteiger charge is -2.33. The van der Waals surface area contributed by atoms with E-state index in [-0.39, 0.29) is 11.6 Å². The lowest BCUT2D eigenvalue weighted by molar-refractivity contribution is 0.00482. The van der Waals surface area contributed by atoms with Gasteiger partial charge in [-0.3, -0.25) is 9.55 Å². The topological polar surface area (TPSA) is 102 Å². The van der Waals surface area contributed by atoms with Crippen molar-refractivity contribution in [1.82, 2.24) is 0 Å². The Balaban J connectivity index is 1.67. The van der Waals surface area contributed by atoms with Crippen LogP contribution >= 0.6 is 10.8 Å². The highest BCUT2D eigenvalue weighted by Crippen LogP contribution is 2.66. The van der Waals surface area contributed by atoms with Crippen LogP contribution in [0.5, 0.6) is 0 Å². The van der Waals surface area contributed by atoms with E-state index in [4.69, 9.17) is 15.0 Å². The van der Waals surface area contributed by atoms with Gasteiger partial charge in [0.1, 0.15) is 5.84 Å². The molecule has 0 heterocycles. The molecule has 3 atom stereocenters. The molecule has 2 aliphatic rings. The monoisotopic (exact) mass is 364 g/mol. The molecule has 8 heteroatoms. The fraction of sp³-hybridized carbons (Fsp3) is 0.933. The number of nitrogens with two attached hydrogens (primary N) is 1. The Morgan fingerprint density at radius 3 is 2.65 bits per heavy atom. The van der Waals surface area contributed by atoms with E-state index < -0.39 is 9.15 Å². The molecule has 0 aliphatic heterocycles. The summed E-state index contributed by atoms with van der Waals surface area (Å²) in [6.45, 7) is 8.28. The van der Waals surface area contributed by atoms with Crippen molar-refractivity contribution in [3.05, 3.63) is 0 Å². The zero-order valence-electron chi connectivity index (χ0n) is 14.1. The standard InChI is InChI=1S/C15H28N2O4S2/c1-14(2)11-5-6-15(14,3)9-12(11)21-8-4-7-17-13(16)10-22-23(18,19)20/h11-12H,4-10H2,1-3H3,(H2,16,17)(H,18,19,20). The minimum absolute atomic E-state index is 0.0169. The molecular formula is C15H28N2O4S2. The molecule has 0 aromatic rings. The maximum absolute atomic E-state index is 10.6. The number of nitrogens with zero attached hydrogens (tertiary/aromatic N) is 1. The van der Waals surface area contributed by atoms with Crippen LogP contribution in [-0.4, -0.2) is 43.8 Å². The quantitative estimate of drug-likeness (QED) is 0.226. The molecule has 2 rings (SSSR count). The molecular weight excluding hydrogens is 336 g/mol. The molecule has 23 heavy (non-hydrogen) atoms. The van der Waals surface area contributed by atoms with Crippen molar-refractivity contribution in [3.63, 3.8) is 0 Å².